The number of hydrogen-bond donors (Lipinski definition) is 1. The fourth-order valence-corrected chi connectivity index (χ4v) is 1.74. The van der Waals surface area contributed by atoms with Gasteiger partial charge >= 0.3 is 0 Å². The second-order valence-corrected chi connectivity index (χ2v) is 4.38. The van der Waals surface area contributed by atoms with Gasteiger partial charge in [0.25, 0.3) is 0 Å². The Hall–Kier alpha value is -0.340. The van der Waals surface area contributed by atoms with E-state index >= 15 is 0 Å². The maximum Gasteiger partial charge on any atom is 0.0163 e. The zero-order valence-electron chi connectivity index (χ0n) is 9.63. The number of nitrogens with zero attached hydrogens (tertiary/aromatic N) is 1. The molecule has 0 fully saturated rings. The highest BCUT2D eigenvalue weighted by atomic mass is 15.1. The fraction of sp³-hybridized carbons (Fsp3) is 0.833. The van der Waals surface area contributed by atoms with E-state index in [0.717, 1.165) is 6.54 Å². The van der Waals surface area contributed by atoms with Crippen LogP contribution in [0, 0.1) is 0 Å². The highest BCUT2D eigenvalue weighted by Gasteiger charge is 2.04. The Morgan fingerprint density at radius 3 is 2.79 bits per heavy atom. The molecular weight excluding hydrogens is 172 g/mol. The van der Waals surface area contributed by atoms with Gasteiger partial charge in [0.2, 0.25) is 0 Å². The van der Waals surface area contributed by atoms with Gasteiger partial charge in [0, 0.05) is 19.1 Å². The highest BCUT2D eigenvalue weighted by Crippen LogP contribution is 2.02. The molecule has 0 unspecified atom stereocenters. The second-order valence-electron chi connectivity index (χ2n) is 4.38. The van der Waals surface area contributed by atoms with E-state index in [1.165, 1.54) is 38.9 Å². The summed E-state index contributed by atoms with van der Waals surface area (Å²) in [6.07, 6.45) is 8.45. The molecule has 0 aromatic rings. The van der Waals surface area contributed by atoms with E-state index in [2.05, 4.69) is 36.2 Å². The molecule has 0 aromatic carbocycles. The van der Waals surface area contributed by atoms with E-state index in [-0.39, 0.29) is 0 Å². The predicted molar refractivity (Wildman–Crippen MR) is 62.6 cm³/mol. The van der Waals surface area contributed by atoms with Gasteiger partial charge in [-0.25, -0.2) is 0 Å². The van der Waals surface area contributed by atoms with Gasteiger partial charge < -0.3 is 5.32 Å². The summed E-state index contributed by atoms with van der Waals surface area (Å²) in [5.41, 5.74) is 0. The third kappa shape index (κ3) is 5.40. The van der Waals surface area contributed by atoms with Crippen molar-refractivity contribution in [2.75, 3.05) is 26.2 Å². The Balaban J connectivity index is 1.90. The zero-order chi connectivity index (χ0) is 10.2. The molecule has 0 saturated heterocycles. The SMILES string of the molecule is CC(C)NCCCCN1CC=CCC1. The van der Waals surface area contributed by atoms with Crippen molar-refractivity contribution in [2.24, 2.45) is 0 Å². The number of hydrogen-bond acceptors (Lipinski definition) is 2. The Kier molecular flexibility index (Phi) is 5.88. The lowest BCUT2D eigenvalue weighted by Crippen LogP contribution is -2.29. The molecule has 82 valence electrons. The van der Waals surface area contributed by atoms with Crippen LogP contribution in [0.3, 0.4) is 0 Å². The summed E-state index contributed by atoms with van der Waals surface area (Å²) in [5.74, 6) is 0. The maximum atomic E-state index is 3.45. The summed E-state index contributed by atoms with van der Waals surface area (Å²) in [7, 11) is 0. The normalized spacial score (nSPS) is 17.9. The molecule has 0 amide bonds. The summed E-state index contributed by atoms with van der Waals surface area (Å²) < 4.78 is 0. The molecule has 0 aromatic heterocycles. The molecule has 0 radical (unpaired) electrons. The van der Waals surface area contributed by atoms with Gasteiger partial charge in [-0.2, -0.15) is 0 Å². The van der Waals surface area contributed by atoms with Crippen molar-refractivity contribution in [1.29, 1.82) is 0 Å². The standard InChI is InChI=1S/C12H24N2/c1-12(2)13-8-4-7-11-14-9-5-3-6-10-14/h3,5,12-13H,4,6-11H2,1-2H3. The molecule has 0 bridgehead atoms. The van der Waals surface area contributed by atoms with Gasteiger partial charge in [-0.05, 0) is 32.4 Å². The van der Waals surface area contributed by atoms with Crippen LogP contribution in [0.5, 0.6) is 0 Å². The zero-order valence-corrected chi connectivity index (χ0v) is 9.63. The van der Waals surface area contributed by atoms with Crippen LogP contribution in [0.4, 0.5) is 0 Å². The molecule has 0 aliphatic carbocycles. The van der Waals surface area contributed by atoms with Crippen LogP contribution in [-0.2, 0) is 0 Å². The van der Waals surface area contributed by atoms with Crippen molar-refractivity contribution < 1.29 is 0 Å². The topological polar surface area (TPSA) is 15.3 Å². The van der Waals surface area contributed by atoms with Crippen molar-refractivity contribution >= 4 is 0 Å². The predicted octanol–water partition coefficient (Wildman–Crippen LogP) is 2.03. The number of unbranched alkanes of at least 4 members (excludes halogenated alkanes) is 1. The van der Waals surface area contributed by atoms with E-state index < -0.39 is 0 Å². The van der Waals surface area contributed by atoms with Crippen molar-refractivity contribution in [3.8, 4) is 0 Å². The molecule has 2 nitrogen and oxygen atoms in total. The number of rotatable bonds is 6. The molecule has 14 heavy (non-hydrogen) atoms. The van der Waals surface area contributed by atoms with Crippen molar-refractivity contribution in [1.82, 2.24) is 10.2 Å². The van der Waals surface area contributed by atoms with Crippen LogP contribution in [-0.4, -0.2) is 37.1 Å². The smallest absolute Gasteiger partial charge is 0.0163 e. The number of nitrogens with one attached hydrogen (secondary N) is 1. The van der Waals surface area contributed by atoms with Crippen molar-refractivity contribution in [3.63, 3.8) is 0 Å². The first-order valence-corrected chi connectivity index (χ1v) is 5.90. The molecule has 0 saturated carbocycles. The minimum Gasteiger partial charge on any atom is -0.315 e. The third-order valence-corrected chi connectivity index (χ3v) is 2.60. The molecular formula is C12H24N2. The van der Waals surface area contributed by atoms with Crippen molar-refractivity contribution in [2.45, 2.75) is 39.2 Å². The average molecular weight is 196 g/mol. The van der Waals surface area contributed by atoms with Gasteiger partial charge in [0.05, 0.1) is 0 Å². The van der Waals surface area contributed by atoms with Crippen LogP contribution >= 0.6 is 0 Å². The Bertz CT molecular complexity index is 164. The average Bonchev–Trinajstić information content (AvgIpc) is 2.18. The quantitative estimate of drug-likeness (QED) is 0.516. The minimum atomic E-state index is 0.632. The third-order valence-electron chi connectivity index (χ3n) is 2.60. The molecule has 1 N–H and O–H groups in total. The minimum absolute atomic E-state index is 0.632. The van der Waals surface area contributed by atoms with Crippen LogP contribution in [0.2, 0.25) is 0 Å². The summed E-state index contributed by atoms with van der Waals surface area (Å²) in [4.78, 5) is 2.54. The fourth-order valence-electron chi connectivity index (χ4n) is 1.74. The van der Waals surface area contributed by atoms with E-state index in [9.17, 15) is 0 Å². The summed E-state index contributed by atoms with van der Waals surface area (Å²) in [6, 6.07) is 0.632. The highest BCUT2D eigenvalue weighted by molar-refractivity contribution is 4.90. The lowest BCUT2D eigenvalue weighted by Gasteiger charge is -2.22. The second kappa shape index (κ2) is 7.02. The molecule has 1 heterocycles. The summed E-state index contributed by atoms with van der Waals surface area (Å²) in [6.45, 7) is 9.27. The van der Waals surface area contributed by atoms with Crippen LogP contribution in [0.25, 0.3) is 0 Å². The van der Waals surface area contributed by atoms with Gasteiger partial charge in [0.1, 0.15) is 0 Å². The molecule has 1 aliphatic heterocycles. The molecule has 0 spiro atoms. The van der Waals surface area contributed by atoms with E-state index in [0.29, 0.717) is 6.04 Å². The first-order valence-electron chi connectivity index (χ1n) is 5.90. The summed E-state index contributed by atoms with van der Waals surface area (Å²) >= 11 is 0. The monoisotopic (exact) mass is 196 g/mol. The lowest BCUT2D eigenvalue weighted by atomic mass is 10.2. The van der Waals surface area contributed by atoms with E-state index in [4.69, 9.17) is 0 Å². The van der Waals surface area contributed by atoms with Gasteiger partial charge in [-0.3, -0.25) is 4.90 Å². The molecule has 2 heteroatoms. The molecule has 1 aliphatic rings. The largest absolute Gasteiger partial charge is 0.315 e. The van der Waals surface area contributed by atoms with Crippen molar-refractivity contribution in [3.05, 3.63) is 12.2 Å². The van der Waals surface area contributed by atoms with E-state index in [1.54, 1.807) is 0 Å². The van der Waals surface area contributed by atoms with Gasteiger partial charge in [-0.1, -0.05) is 26.0 Å². The molecule has 0 atom stereocenters. The van der Waals surface area contributed by atoms with Gasteiger partial charge in [-0.15, -0.1) is 0 Å². The summed E-state index contributed by atoms with van der Waals surface area (Å²) in [5, 5.41) is 3.45. The first-order chi connectivity index (χ1) is 6.79. The van der Waals surface area contributed by atoms with Gasteiger partial charge in [0.15, 0.2) is 0 Å². The Morgan fingerprint density at radius 2 is 2.14 bits per heavy atom. The maximum absolute atomic E-state index is 3.45. The Labute approximate surface area is 88.4 Å². The van der Waals surface area contributed by atoms with Crippen LogP contribution in [0.1, 0.15) is 33.1 Å². The Morgan fingerprint density at radius 1 is 1.29 bits per heavy atom. The van der Waals surface area contributed by atoms with Crippen LogP contribution in [0.15, 0.2) is 12.2 Å². The molecule has 1 rings (SSSR count). The first kappa shape index (κ1) is 11.7. The van der Waals surface area contributed by atoms with Crippen LogP contribution < -0.4 is 5.32 Å². The lowest BCUT2D eigenvalue weighted by molar-refractivity contribution is 0.291. The van der Waals surface area contributed by atoms with E-state index in [1.807, 2.05) is 0 Å².